The number of nitrogens with one attached hydrogen (secondary N) is 2. The summed E-state index contributed by atoms with van der Waals surface area (Å²) in [7, 11) is 0. The Kier molecular flexibility index (Phi) is 7.74. The number of aliphatic imine (C=N–C) groups is 1. The lowest BCUT2D eigenvalue weighted by Crippen LogP contribution is -2.39. The number of halogens is 2. The highest BCUT2D eigenvalue weighted by atomic mass is 127. The first kappa shape index (κ1) is 20.2. The molecule has 0 spiro atoms. The Morgan fingerprint density at radius 3 is 2.68 bits per heavy atom. The second-order valence-electron chi connectivity index (χ2n) is 6.54. The van der Waals surface area contributed by atoms with E-state index in [4.69, 9.17) is 4.74 Å². The lowest BCUT2D eigenvalue weighted by Gasteiger charge is -2.29. The predicted octanol–water partition coefficient (Wildman–Crippen LogP) is 2.74. The molecule has 0 amide bonds. The zero-order chi connectivity index (χ0) is 16.9. The molecule has 7 heteroatoms. The smallest absolute Gasteiger partial charge is 0.191 e. The van der Waals surface area contributed by atoms with Crippen molar-refractivity contribution in [2.24, 2.45) is 10.9 Å². The molecule has 0 radical (unpaired) electrons. The van der Waals surface area contributed by atoms with Crippen molar-refractivity contribution in [2.75, 3.05) is 37.7 Å². The third-order valence-electron chi connectivity index (χ3n) is 4.56. The lowest BCUT2D eigenvalue weighted by atomic mass is 10.1. The van der Waals surface area contributed by atoms with E-state index in [0.29, 0.717) is 37.4 Å². The molecule has 2 atom stereocenters. The van der Waals surface area contributed by atoms with Crippen molar-refractivity contribution in [3.63, 3.8) is 0 Å². The van der Waals surface area contributed by atoms with Crippen LogP contribution < -0.4 is 15.5 Å². The Hall–Kier alpha value is -1.09. The van der Waals surface area contributed by atoms with Gasteiger partial charge in [0.15, 0.2) is 5.96 Å². The number of hydrogen-bond acceptors (Lipinski definition) is 3. The Morgan fingerprint density at radius 2 is 2.08 bits per heavy atom. The summed E-state index contributed by atoms with van der Waals surface area (Å²) in [6, 6.07) is 5.93. The minimum Gasteiger partial charge on any atom is -0.378 e. The maximum absolute atomic E-state index is 14.4. The quantitative estimate of drug-likeness (QED) is 0.402. The third kappa shape index (κ3) is 5.70. The second kappa shape index (κ2) is 9.56. The van der Waals surface area contributed by atoms with Crippen molar-refractivity contribution in [2.45, 2.75) is 32.9 Å². The van der Waals surface area contributed by atoms with Crippen LogP contribution in [-0.2, 0) is 11.3 Å². The van der Waals surface area contributed by atoms with E-state index in [2.05, 4.69) is 22.5 Å². The monoisotopic (exact) mass is 462 g/mol. The number of nitrogens with zero attached hydrogens (tertiary/aromatic N) is 2. The van der Waals surface area contributed by atoms with Gasteiger partial charge in [0, 0.05) is 25.7 Å². The molecule has 140 valence electrons. The Morgan fingerprint density at radius 1 is 1.36 bits per heavy atom. The largest absolute Gasteiger partial charge is 0.378 e. The van der Waals surface area contributed by atoms with Gasteiger partial charge in [-0.05, 0) is 37.0 Å². The molecule has 1 aromatic rings. The predicted molar refractivity (Wildman–Crippen MR) is 110 cm³/mol. The SMILES string of the molecule is CCNC(=NCc1ccc(N2CCOCC2)c(F)c1)NC1CC1C.I. The van der Waals surface area contributed by atoms with Crippen molar-refractivity contribution in [3.05, 3.63) is 29.6 Å². The molecule has 1 saturated heterocycles. The van der Waals surface area contributed by atoms with E-state index in [-0.39, 0.29) is 29.8 Å². The Labute approximate surface area is 166 Å². The van der Waals surface area contributed by atoms with Gasteiger partial charge in [0.1, 0.15) is 5.82 Å². The number of rotatable bonds is 5. The number of morpholine rings is 1. The van der Waals surface area contributed by atoms with Gasteiger partial charge in [-0.3, -0.25) is 0 Å². The molecule has 0 bridgehead atoms. The van der Waals surface area contributed by atoms with Gasteiger partial charge in [-0.15, -0.1) is 24.0 Å². The van der Waals surface area contributed by atoms with Gasteiger partial charge in [-0.25, -0.2) is 9.38 Å². The van der Waals surface area contributed by atoms with Gasteiger partial charge in [-0.2, -0.15) is 0 Å². The van der Waals surface area contributed by atoms with Crippen LogP contribution in [0.2, 0.25) is 0 Å². The number of anilines is 1. The summed E-state index contributed by atoms with van der Waals surface area (Å²) in [5, 5.41) is 6.66. The van der Waals surface area contributed by atoms with Crippen LogP contribution in [0.3, 0.4) is 0 Å². The van der Waals surface area contributed by atoms with Crippen molar-refractivity contribution >= 4 is 35.6 Å². The van der Waals surface area contributed by atoms with Gasteiger partial charge in [0.05, 0.1) is 25.4 Å². The van der Waals surface area contributed by atoms with Gasteiger partial charge in [0.2, 0.25) is 0 Å². The summed E-state index contributed by atoms with van der Waals surface area (Å²) in [5.41, 5.74) is 1.54. The van der Waals surface area contributed by atoms with Crippen molar-refractivity contribution in [3.8, 4) is 0 Å². The van der Waals surface area contributed by atoms with E-state index in [1.165, 1.54) is 6.42 Å². The fraction of sp³-hybridized carbons (Fsp3) is 0.611. The molecule has 2 N–H and O–H groups in total. The summed E-state index contributed by atoms with van der Waals surface area (Å²) in [6.45, 7) is 8.34. The van der Waals surface area contributed by atoms with E-state index in [0.717, 1.165) is 31.2 Å². The highest BCUT2D eigenvalue weighted by Crippen LogP contribution is 2.28. The lowest BCUT2D eigenvalue weighted by molar-refractivity contribution is 0.122. The maximum Gasteiger partial charge on any atom is 0.191 e. The highest BCUT2D eigenvalue weighted by molar-refractivity contribution is 14.0. The standard InChI is InChI=1S/C18H27FN4O.HI/c1-3-20-18(22-16-10-13(16)2)21-12-14-4-5-17(15(19)11-14)23-6-8-24-9-7-23;/h4-5,11,13,16H,3,6-10,12H2,1-2H3,(H2,20,21,22);1H. The summed E-state index contributed by atoms with van der Waals surface area (Å²) in [4.78, 5) is 6.61. The van der Waals surface area contributed by atoms with Crippen LogP contribution in [0.4, 0.5) is 10.1 Å². The summed E-state index contributed by atoms with van der Waals surface area (Å²) in [5.74, 6) is 1.34. The first-order valence-electron chi connectivity index (χ1n) is 8.83. The van der Waals surface area contributed by atoms with E-state index < -0.39 is 0 Å². The Balaban J connectivity index is 0.00000225. The number of ether oxygens (including phenoxy) is 1. The first-order valence-corrected chi connectivity index (χ1v) is 8.83. The normalized spacial score (nSPS) is 23.0. The first-order chi connectivity index (χ1) is 11.7. The van der Waals surface area contributed by atoms with Crippen LogP contribution >= 0.6 is 24.0 Å². The average molecular weight is 462 g/mol. The molecule has 25 heavy (non-hydrogen) atoms. The van der Waals surface area contributed by atoms with E-state index in [1.54, 1.807) is 6.07 Å². The molecule has 1 saturated carbocycles. The highest BCUT2D eigenvalue weighted by Gasteiger charge is 2.33. The third-order valence-corrected chi connectivity index (χ3v) is 4.56. The zero-order valence-electron chi connectivity index (χ0n) is 14.9. The van der Waals surface area contributed by atoms with Crippen LogP contribution in [-0.4, -0.2) is 44.8 Å². The van der Waals surface area contributed by atoms with Crippen LogP contribution in [0, 0.1) is 11.7 Å². The fourth-order valence-electron chi connectivity index (χ4n) is 2.90. The van der Waals surface area contributed by atoms with Gasteiger partial charge >= 0.3 is 0 Å². The van der Waals surface area contributed by atoms with Crippen molar-refractivity contribution in [1.29, 1.82) is 0 Å². The molecule has 2 aliphatic rings. The van der Waals surface area contributed by atoms with Crippen molar-refractivity contribution in [1.82, 2.24) is 10.6 Å². The molecule has 1 aromatic carbocycles. The molecule has 1 aliphatic heterocycles. The summed E-state index contributed by atoms with van der Waals surface area (Å²) >= 11 is 0. The van der Waals surface area contributed by atoms with Crippen LogP contribution in [0.25, 0.3) is 0 Å². The molecule has 1 heterocycles. The van der Waals surface area contributed by atoms with Crippen LogP contribution in [0.1, 0.15) is 25.8 Å². The molecular formula is C18H28FIN4O. The molecule has 2 unspecified atom stereocenters. The van der Waals surface area contributed by atoms with Crippen LogP contribution in [0.5, 0.6) is 0 Å². The topological polar surface area (TPSA) is 48.9 Å². The molecule has 1 aliphatic carbocycles. The molecule has 2 fully saturated rings. The van der Waals surface area contributed by atoms with E-state index in [9.17, 15) is 4.39 Å². The molecular weight excluding hydrogens is 434 g/mol. The van der Waals surface area contributed by atoms with E-state index in [1.807, 2.05) is 24.0 Å². The molecule has 3 rings (SSSR count). The van der Waals surface area contributed by atoms with Gasteiger partial charge in [-0.1, -0.05) is 13.0 Å². The Bertz CT molecular complexity index is 592. The van der Waals surface area contributed by atoms with E-state index >= 15 is 0 Å². The second-order valence-corrected chi connectivity index (χ2v) is 6.54. The minimum absolute atomic E-state index is 0. The zero-order valence-corrected chi connectivity index (χ0v) is 17.3. The summed E-state index contributed by atoms with van der Waals surface area (Å²) in [6.07, 6.45) is 1.19. The summed E-state index contributed by atoms with van der Waals surface area (Å²) < 4.78 is 19.7. The average Bonchev–Trinajstić information content (AvgIpc) is 3.28. The van der Waals surface area contributed by atoms with Gasteiger partial charge < -0.3 is 20.3 Å². The van der Waals surface area contributed by atoms with Crippen LogP contribution in [0.15, 0.2) is 23.2 Å². The van der Waals surface area contributed by atoms with Crippen molar-refractivity contribution < 1.29 is 9.13 Å². The maximum atomic E-state index is 14.4. The van der Waals surface area contributed by atoms with Gasteiger partial charge in [0.25, 0.3) is 0 Å². The fourth-order valence-corrected chi connectivity index (χ4v) is 2.90. The number of hydrogen-bond donors (Lipinski definition) is 2. The molecule has 0 aromatic heterocycles. The number of guanidine groups is 1. The minimum atomic E-state index is -0.182. The number of benzene rings is 1. The molecule has 5 nitrogen and oxygen atoms in total.